The second-order valence-electron chi connectivity index (χ2n) is 30.2. The molecule has 0 heterocycles. The molecule has 3 N–H and O–H groups in total. The van der Waals surface area contributed by atoms with Gasteiger partial charge in [0.1, 0.15) is 19.3 Å². The van der Waals surface area contributed by atoms with E-state index in [1.165, 1.54) is 244 Å². The summed E-state index contributed by atoms with van der Waals surface area (Å²) in [6.45, 7) is 9.61. The van der Waals surface area contributed by atoms with E-state index in [1.54, 1.807) is 0 Å². The van der Waals surface area contributed by atoms with Gasteiger partial charge in [0, 0.05) is 25.7 Å². The van der Waals surface area contributed by atoms with E-state index in [-0.39, 0.29) is 25.7 Å². The van der Waals surface area contributed by atoms with Crippen LogP contribution < -0.4 is 0 Å². The van der Waals surface area contributed by atoms with Gasteiger partial charge in [-0.2, -0.15) is 0 Å². The molecule has 17 nitrogen and oxygen atoms in total. The van der Waals surface area contributed by atoms with Gasteiger partial charge in [0.05, 0.1) is 26.4 Å². The number of aliphatic hydroxyl groups excluding tert-OH is 1. The molecular weight excluding hydrogens is 1320 g/mol. The van der Waals surface area contributed by atoms with Gasteiger partial charge in [-0.25, -0.2) is 9.13 Å². The summed E-state index contributed by atoms with van der Waals surface area (Å²) >= 11 is 0. The number of hydrogen-bond acceptors (Lipinski definition) is 15. The van der Waals surface area contributed by atoms with Crippen molar-refractivity contribution in [3.63, 3.8) is 0 Å². The Morgan fingerprint density at radius 3 is 0.752 bits per heavy atom. The van der Waals surface area contributed by atoms with Crippen LogP contribution in [-0.4, -0.2) is 96.7 Å². The van der Waals surface area contributed by atoms with Gasteiger partial charge in [0.25, 0.3) is 0 Å². The largest absolute Gasteiger partial charge is 0.472 e. The van der Waals surface area contributed by atoms with Crippen LogP contribution in [0.15, 0.2) is 0 Å². The summed E-state index contributed by atoms with van der Waals surface area (Å²) < 4.78 is 68.8. The Morgan fingerprint density at radius 1 is 0.287 bits per heavy atom. The predicted octanol–water partition coefficient (Wildman–Crippen LogP) is 24.7. The van der Waals surface area contributed by atoms with Crippen molar-refractivity contribution in [1.29, 1.82) is 0 Å². The van der Waals surface area contributed by atoms with Crippen molar-refractivity contribution in [1.82, 2.24) is 0 Å². The molecule has 0 aliphatic carbocycles. The summed E-state index contributed by atoms with van der Waals surface area (Å²) in [7, 11) is -9.92. The molecule has 0 bridgehead atoms. The number of rotatable bonds is 81. The van der Waals surface area contributed by atoms with Gasteiger partial charge in [-0.3, -0.25) is 37.3 Å². The first-order chi connectivity index (χ1) is 48.9. The molecule has 600 valence electrons. The predicted molar refractivity (Wildman–Crippen MR) is 414 cm³/mol. The standard InChI is InChI=1S/C82H160O17P2/c1-7-10-12-14-16-18-20-22-24-26-28-30-32-37-41-45-52-58-64-79(84)92-70-77(98-81(86)66-60-54-46-42-38-33-31-29-27-25-23-21-19-17-15-13-11-8-2)72-96-100(88,89)94-68-76(83)69-95-101(90,91)97-73-78(71-93-80(85)65-59-53-49-48-51-57-63-75(6)9-3)99-82(87)67-61-55-47-43-39-35-34-36-40-44-50-56-62-74(4)5/h74-78,83H,7-73H2,1-6H3,(H,88,89)(H,90,91)/t75?,76-,77-,78-/m1/s1. The Kier molecular flexibility index (Phi) is 72.2. The zero-order valence-electron chi connectivity index (χ0n) is 66.2. The van der Waals surface area contributed by atoms with Crippen molar-refractivity contribution in [3.05, 3.63) is 0 Å². The summed E-state index contributed by atoms with van der Waals surface area (Å²) in [5.74, 6) is -0.600. The third-order valence-corrected chi connectivity index (χ3v) is 21.5. The lowest BCUT2D eigenvalue weighted by atomic mass is 10.00. The van der Waals surface area contributed by atoms with E-state index in [1.807, 2.05) is 0 Å². The molecule has 0 saturated heterocycles. The fourth-order valence-electron chi connectivity index (χ4n) is 12.7. The topological polar surface area (TPSA) is 237 Å². The van der Waals surface area contributed by atoms with Crippen LogP contribution in [0.1, 0.15) is 433 Å². The number of phosphoric acid groups is 2. The van der Waals surface area contributed by atoms with E-state index in [2.05, 4.69) is 41.5 Å². The number of aliphatic hydroxyl groups is 1. The first-order valence-electron chi connectivity index (χ1n) is 42.5. The lowest BCUT2D eigenvalue weighted by Crippen LogP contribution is -2.30. The first-order valence-corrected chi connectivity index (χ1v) is 45.5. The maximum atomic E-state index is 13.1. The van der Waals surface area contributed by atoms with Crippen molar-refractivity contribution in [2.24, 2.45) is 11.8 Å². The summed E-state index contributed by atoms with van der Waals surface area (Å²) in [5, 5.41) is 10.6. The maximum Gasteiger partial charge on any atom is 0.472 e. The minimum Gasteiger partial charge on any atom is -0.462 e. The zero-order chi connectivity index (χ0) is 74.2. The highest BCUT2D eigenvalue weighted by Gasteiger charge is 2.30. The Bertz CT molecular complexity index is 1940. The number of unbranched alkanes of at least 4 members (excludes halogenated alkanes) is 50. The van der Waals surface area contributed by atoms with E-state index in [0.717, 1.165) is 108 Å². The molecule has 0 amide bonds. The third-order valence-electron chi connectivity index (χ3n) is 19.6. The Balaban J connectivity index is 5.24. The molecule has 0 fully saturated rings. The van der Waals surface area contributed by atoms with Gasteiger partial charge in [-0.05, 0) is 37.5 Å². The van der Waals surface area contributed by atoms with Gasteiger partial charge in [0.15, 0.2) is 12.2 Å². The molecule has 0 aromatic carbocycles. The van der Waals surface area contributed by atoms with Crippen molar-refractivity contribution < 1.29 is 80.2 Å². The van der Waals surface area contributed by atoms with Crippen LogP contribution in [0, 0.1) is 11.8 Å². The smallest absolute Gasteiger partial charge is 0.462 e. The highest BCUT2D eigenvalue weighted by Crippen LogP contribution is 2.45. The zero-order valence-corrected chi connectivity index (χ0v) is 68.0. The normalized spacial score (nSPS) is 14.2. The van der Waals surface area contributed by atoms with Crippen LogP contribution in [0.25, 0.3) is 0 Å². The number of esters is 4. The molecule has 6 atom stereocenters. The van der Waals surface area contributed by atoms with E-state index < -0.39 is 97.5 Å². The second kappa shape index (κ2) is 73.6. The van der Waals surface area contributed by atoms with Crippen LogP contribution in [0.2, 0.25) is 0 Å². The van der Waals surface area contributed by atoms with E-state index in [0.29, 0.717) is 25.7 Å². The van der Waals surface area contributed by atoms with Gasteiger partial charge in [-0.1, -0.05) is 382 Å². The molecule has 0 aliphatic rings. The Hall–Kier alpha value is -1.94. The molecule has 3 unspecified atom stereocenters. The molecule has 0 aromatic heterocycles. The number of carbonyl (C=O) groups is 4. The van der Waals surface area contributed by atoms with Gasteiger partial charge < -0.3 is 33.8 Å². The summed E-state index contributed by atoms with van der Waals surface area (Å²) in [6, 6.07) is 0. The van der Waals surface area contributed by atoms with Crippen LogP contribution in [0.5, 0.6) is 0 Å². The minimum atomic E-state index is -4.96. The highest BCUT2D eigenvalue weighted by molar-refractivity contribution is 7.47. The van der Waals surface area contributed by atoms with Crippen LogP contribution in [0.4, 0.5) is 0 Å². The molecule has 0 saturated carbocycles. The summed E-state index contributed by atoms with van der Waals surface area (Å²) in [6.07, 6.45) is 63.9. The molecule has 19 heteroatoms. The average Bonchev–Trinajstić information content (AvgIpc) is 1.01. The highest BCUT2D eigenvalue weighted by atomic mass is 31.2. The van der Waals surface area contributed by atoms with Gasteiger partial charge in [-0.15, -0.1) is 0 Å². The monoisotopic (exact) mass is 1480 g/mol. The first kappa shape index (κ1) is 99.1. The molecule has 0 aliphatic heterocycles. The molecule has 0 radical (unpaired) electrons. The fraction of sp³-hybridized carbons (Fsp3) is 0.951. The fourth-order valence-corrected chi connectivity index (χ4v) is 14.3. The van der Waals surface area contributed by atoms with Crippen LogP contribution in [-0.2, 0) is 65.4 Å². The maximum absolute atomic E-state index is 13.1. The Labute approximate surface area is 619 Å². The van der Waals surface area contributed by atoms with Crippen LogP contribution >= 0.6 is 15.6 Å². The molecule has 0 aromatic rings. The van der Waals surface area contributed by atoms with Crippen LogP contribution in [0.3, 0.4) is 0 Å². The summed E-state index contributed by atoms with van der Waals surface area (Å²) in [4.78, 5) is 73.1. The molecule has 101 heavy (non-hydrogen) atoms. The number of carbonyl (C=O) groups excluding carboxylic acids is 4. The molecule has 0 rings (SSSR count). The number of phosphoric ester groups is 2. The van der Waals surface area contributed by atoms with Crippen molar-refractivity contribution in [3.8, 4) is 0 Å². The Morgan fingerprint density at radius 2 is 0.505 bits per heavy atom. The number of ether oxygens (including phenoxy) is 4. The molecular formula is C82H160O17P2. The van der Waals surface area contributed by atoms with E-state index >= 15 is 0 Å². The minimum absolute atomic E-state index is 0.106. The lowest BCUT2D eigenvalue weighted by Gasteiger charge is -2.21. The number of hydrogen-bond donors (Lipinski definition) is 3. The molecule has 0 spiro atoms. The lowest BCUT2D eigenvalue weighted by molar-refractivity contribution is -0.161. The van der Waals surface area contributed by atoms with Gasteiger partial charge >= 0.3 is 39.5 Å². The SMILES string of the molecule is CCCCCCCCCCCCCCCCCCCCC(=O)OC[C@H](COP(=O)(O)OC[C@@H](O)COP(=O)(O)OC[C@@H](COC(=O)CCCCCCCCC(C)CC)OC(=O)CCCCCCCCCCCCCCC(C)C)OC(=O)CCCCCCCCCCCCCCCCCCCC. The van der Waals surface area contributed by atoms with E-state index in [4.69, 9.17) is 37.0 Å². The summed E-state index contributed by atoms with van der Waals surface area (Å²) in [5.41, 5.74) is 0. The second-order valence-corrected chi connectivity index (χ2v) is 33.1. The average molecular weight is 1480 g/mol. The third kappa shape index (κ3) is 74.7. The van der Waals surface area contributed by atoms with E-state index in [9.17, 15) is 43.2 Å². The van der Waals surface area contributed by atoms with Crippen molar-refractivity contribution >= 4 is 39.5 Å². The van der Waals surface area contributed by atoms with Gasteiger partial charge in [0.2, 0.25) is 0 Å². The van der Waals surface area contributed by atoms with Crippen molar-refractivity contribution in [2.45, 2.75) is 452 Å². The van der Waals surface area contributed by atoms with Crippen molar-refractivity contribution in [2.75, 3.05) is 39.6 Å². The quantitative estimate of drug-likeness (QED) is 0.0222.